The van der Waals surface area contributed by atoms with Gasteiger partial charge in [-0.1, -0.05) is 64.7 Å². The summed E-state index contributed by atoms with van der Waals surface area (Å²) in [5.41, 5.74) is 0.567. The van der Waals surface area contributed by atoms with E-state index in [0.29, 0.717) is 39.0 Å². The number of halogens is 6. The molecule has 2 N–H and O–H groups in total. The number of hydrazine groups is 1. The van der Waals surface area contributed by atoms with Crippen molar-refractivity contribution >= 4 is 75.6 Å². The second kappa shape index (κ2) is 13.3. The van der Waals surface area contributed by atoms with Crippen molar-refractivity contribution in [3.05, 3.63) is 133 Å². The number of nitro benzene ring substituents is 1. The van der Waals surface area contributed by atoms with Crippen molar-refractivity contribution < 1.29 is 42.4 Å². The first-order chi connectivity index (χ1) is 26.5. The monoisotopic (exact) mass is 825 g/mol. The molecule has 2 aliphatic carbocycles. The van der Waals surface area contributed by atoms with Crippen molar-refractivity contribution in [3.8, 4) is 5.75 Å². The van der Waals surface area contributed by atoms with E-state index in [0.717, 1.165) is 4.90 Å². The van der Waals surface area contributed by atoms with Crippen LogP contribution >= 0.6 is 34.8 Å². The lowest BCUT2D eigenvalue weighted by atomic mass is 9.49. The highest BCUT2D eigenvalue weighted by molar-refractivity contribution is 6.33. The molecular formula is C38H25Cl3F3N5O7. The molecule has 0 spiro atoms. The maximum atomic E-state index is 15.3. The van der Waals surface area contributed by atoms with Crippen molar-refractivity contribution in [1.82, 2.24) is 9.99 Å². The molecule has 1 saturated carbocycles. The van der Waals surface area contributed by atoms with Gasteiger partial charge in [-0.05, 0) is 72.4 Å². The third-order valence-corrected chi connectivity index (χ3v) is 12.0. The van der Waals surface area contributed by atoms with Crippen LogP contribution < -0.4 is 10.3 Å². The second-order valence-electron chi connectivity index (χ2n) is 13.9. The van der Waals surface area contributed by atoms with Crippen LogP contribution in [0, 0.1) is 33.8 Å². The average molecular weight is 827 g/mol. The topological polar surface area (TPSA) is 163 Å². The van der Waals surface area contributed by atoms with Crippen LogP contribution in [-0.4, -0.2) is 43.7 Å². The lowest BCUT2D eigenvalue weighted by Gasteiger charge is -2.50. The standard InChI is InChI=1S/C38H25Cl3F3N5O7/c39-19-3-1-17(2-4-19)37-27(34(52)48(36(37)54)46-32-29(41)13-18(16-45-32)38(42,43)44)15-26-23(31(37)24-10-9-22(50)14-28(24)40)11-12-25-30(26)35(53)47(33(25)51)20-5-7-21(8-6-20)49(55)56/h1-11,13-14,16,25-27,30-31,50H,12,15H2,(H,45,46)/t25-,26+,27-,30-,31+,37+/m0/s1. The highest BCUT2D eigenvalue weighted by Crippen LogP contribution is 2.65. The van der Waals surface area contributed by atoms with Crippen LogP contribution in [-0.2, 0) is 30.8 Å². The van der Waals surface area contributed by atoms with Crippen LogP contribution in [0.15, 0.2) is 90.6 Å². The number of alkyl halides is 3. The summed E-state index contributed by atoms with van der Waals surface area (Å²) in [5.74, 6) is -8.59. The van der Waals surface area contributed by atoms with Crippen molar-refractivity contribution in [2.24, 2.45) is 23.7 Å². The number of fused-ring (bicyclic) bond motifs is 4. The van der Waals surface area contributed by atoms with Crippen LogP contribution in [0.25, 0.3) is 0 Å². The van der Waals surface area contributed by atoms with Gasteiger partial charge >= 0.3 is 6.18 Å². The molecule has 0 unspecified atom stereocenters. The lowest BCUT2D eigenvalue weighted by Crippen LogP contribution is -2.53. The van der Waals surface area contributed by atoms with Gasteiger partial charge in [-0.3, -0.25) is 39.6 Å². The number of nitrogens with one attached hydrogen (secondary N) is 1. The van der Waals surface area contributed by atoms with Gasteiger partial charge < -0.3 is 5.11 Å². The quantitative estimate of drug-likeness (QED) is 0.0853. The molecule has 2 saturated heterocycles. The molecule has 8 rings (SSSR count). The SMILES string of the molecule is O=C1[C@@H]2C[C@@H]3C(=CC[C@@H]4C(=O)N(c5ccc([N+](=O)[O-])cc5)C(=O)[C@@H]43)[C@H](c3ccc(O)cc3Cl)[C@]2(c2ccc(Cl)cc2)C(=O)N1Nc1ncc(C(F)(F)F)cc1Cl. The fourth-order valence-corrected chi connectivity index (χ4v) is 9.47. The molecular weight excluding hydrogens is 802 g/mol. The molecule has 0 bridgehead atoms. The first-order valence-electron chi connectivity index (χ1n) is 17.0. The number of benzene rings is 3. The van der Waals surface area contributed by atoms with E-state index < -0.39 is 86.1 Å². The van der Waals surface area contributed by atoms with Crippen LogP contribution in [0.2, 0.25) is 15.1 Å². The molecule has 3 aromatic carbocycles. The van der Waals surface area contributed by atoms with E-state index in [1.807, 2.05) is 0 Å². The number of hydrogen-bond acceptors (Lipinski definition) is 9. The van der Waals surface area contributed by atoms with Crippen molar-refractivity contribution in [3.63, 3.8) is 0 Å². The molecule has 18 heteroatoms. The first-order valence-corrected chi connectivity index (χ1v) is 18.1. The molecule has 1 aromatic heterocycles. The van der Waals surface area contributed by atoms with Crippen molar-refractivity contribution in [1.29, 1.82) is 0 Å². The molecule has 3 heterocycles. The number of imide groups is 2. The fraction of sp³-hybridized carbons (Fsp3) is 0.237. The Bertz CT molecular complexity index is 2410. The second-order valence-corrected chi connectivity index (χ2v) is 15.2. The summed E-state index contributed by atoms with van der Waals surface area (Å²) in [6.45, 7) is 0. The largest absolute Gasteiger partial charge is 0.508 e. The zero-order valence-electron chi connectivity index (χ0n) is 28.3. The Morgan fingerprint density at radius 2 is 1.59 bits per heavy atom. The molecule has 4 aliphatic rings. The van der Waals surface area contributed by atoms with Crippen LogP contribution in [0.3, 0.4) is 0 Å². The lowest BCUT2D eigenvalue weighted by molar-refractivity contribution is -0.384. The van der Waals surface area contributed by atoms with E-state index in [4.69, 9.17) is 34.8 Å². The van der Waals surface area contributed by atoms with Gasteiger partial charge in [0.2, 0.25) is 11.8 Å². The van der Waals surface area contributed by atoms with Crippen LogP contribution in [0.4, 0.5) is 30.4 Å². The minimum atomic E-state index is -4.78. The zero-order valence-corrected chi connectivity index (χ0v) is 30.6. The number of carbonyl (C=O) groups excluding carboxylic acids is 4. The van der Waals surface area contributed by atoms with E-state index >= 15 is 4.79 Å². The summed E-state index contributed by atoms with van der Waals surface area (Å²) in [6, 6.07) is 15.9. The highest BCUT2D eigenvalue weighted by Gasteiger charge is 2.70. The Balaban J connectivity index is 1.30. The summed E-state index contributed by atoms with van der Waals surface area (Å²) in [7, 11) is 0. The van der Waals surface area contributed by atoms with E-state index in [1.54, 1.807) is 18.2 Å². The minimum Gasteiger partial charge on any atom is -0.508 e. The number of pyridine rings is 1. The Morgan fingerprint density at radius 1 is 0.893 bits per heavy atom. The number of nitrogens with zero attached hydrogens (tertiary/aromatic N) is 4. The number of phenolic OH excluding ortho intramolecular Hbond substituents is 1. The molecule has 56 heavy (non-hydrogen) atoms. The molecule has 4 aromatic rings. The number of anilines is 2. The van der Waals surface area contributed by atoms with Gasteiger partial charge in [-0.15, -0.1) is 0 Å². The van der Waals surface area contributed by atoms with E-state index in [-0.39, 0.29) is 35.0 Å². The molecule has 2 aliphatic heterocycles. The Kier molecular flexibility index (Phi) is 8.90. The fourth-order valence-electron chi connectivity index (χ4n) is 8.86. The van der Waals surface area contributed by atoms with Crippen LogP contribution in [0.1, 0.15) is 35.4 Å². The summed E-state index contributed by atoms with van der Waals surface area (Å²) in [6.07, 6.45) is -2.62. The summed E-state index contributed by atoms with van der Waals surface area (Å²) >= 11 is 19.4. The number of rotatable bonds is 6. The van der Waals surface area contributed by atoms with Gasteiger partial charge in [0.1, 0.15) is 5.75 Å². The van der Waals surface area contributed by atoms with Crippen molar-refractivity contribution in [2.75, 3.05) is 10.3 Å². The third-order valence-electron chi connectivity index (χ3n) is 11.2. The predicted octanol–water partition coefficient (Wildman–Crippen LogP) is 7.86. The number of aromatic hydroxyl groups is 1. The number of hydrogen-bond donors (Lipinski definition) is 2. The number of non-ortho nitro benzene ring substituents is 1. The number of allylic oxidation sites excluding steroid dienone is 2. The molecule has 6 atom stereocenters. The van der Waals surface area contributed by atoms with E-state index in [9.17, 15) is 42.8 Å². The summed E-state index contributed by atoms with van der Waals surface area (Å²) in [4.78, 5) is 73.9. The zero-order chi connectivity index (χ0) is 40.0. The Hall–Kier alpha value is -5.51. The molecule has 4 amide bonds. The van der Waals surface area contributed by atoms with Gasteiger partial charge in [0.05, 0.1) is 44.4 Å². The van der Waals surface area contributed by atoms with E-state index in [1.165, 1.54) is 54.6 Å². The Labute approximate surface area is 329 Å². The predicted molar refractivity (Wildman–Crippen MR) is 196 cm³/mol. The number of phenols is 1. The molecule has 286 valence electrons. The smallest absolute Gasteiger partial charge is 0.417 e. The molecule has 3 fully saturated rings. The van der Waals surface area contributed by atoms with Crippen molar-refractivity contribution in [2.45, 2.75) is 30.4 Å². The number of carbonyl (C=O) groups is 4. The molecule has 0 radical (unpaired) electrons. The molecule has 12 nitrogen and oxygen atoms in total. The maximum absolute atomic E-state index is 15.3. The average Bonchev–Trinajstić information content (AvgIpc) is 3.53. The first kappa shape index (κ1) is 37.4. The van der Waals surface area contributed by atoms with E-state index in [2.05, 4.69) is 10.4 Å². The third kappa shape index (κ3) is 5.62. The summed E-state index contributed by atoms with van der Waals surface area (Å²) < 4.78 is 40.4. The number of amides is 4. The normalized spacial score (nSPS) is 25.8. The van der Waals surface area contributed by atoms with Gasteiger partial charge in [-0.2, -0.15) is 18.2 Å². The number of nitro groups is 1. The van der Waals surface area contributed by atoms with Gasteiger partial charge in [0.15, 0.2) is 5.82 Å². The van der Waals surface area contributed by atoms with Gasteiger partial charge in [0.25, 0.3) is 17.5 Å². The van der Waals surface area contributed by atoms with Gasteiger partial charge in [-0.25, -0.2) is 4.98 Å². The highest BCUT2D eigenvalue weighted by atomic mass is 35.5. The maximum Gasteiger partial charge on any atom is 0.417 e. The Morgan fingerprint density at radius 3 is 2.21 bits per heavy atom. The summed E-state index contributed by atoms with van der Waals surface area (Å²) in [5, 5.41) is 22.1. The van der Waals surface area contributed by atoms with Gasteiger partial charge in [0, 0.05) is 34.3 Å². The number of aromatic nitrogens is 1. The minimum absolute atomic E-state index is 0.0196. The van der Waals surface area contributed by atoms with Crippen LogP contribution in [0.5, 0.6) is 5.75 Å².